The summed E-state index contributed by atoms with van der Waals surface area (Å²) in [6.45, 7) is 2.85. The Labute approximate surface area is 125 Å². The second kappa shape index (κ2) is 5.17. The van der Waals surface area contributed by atoms with E-state index in [0.29, 0.717) is 12.4 Å². The van der Waals surface area contributed by atoms with Gasteiger partial charge in [0.15, 0.2) is 17.0 Å². The number of anilines is 1. The van der Waals surface area contributed by atoms with Crippen LogP contribution in [0.5, 0.6) is 0 Å². The summed E-state index contributed by atoms with van der Waals surface area (Å²) in [5.74, 6) is 0.928. The molecular weight excluding hydrogens is 374 g/mol. The van der Waals surface area contributed by atoms with Gasteiger partial charge in [-0.15, -0.1) is 0 Å². The Morgan fingerprint density at radius 3 is 3.00 bits per heavy atom. The minimum atomic E-state index is 0.0774. The minimum Gasteiger partial charge on any atom is -0.351 e. The van der Waals surface area contributed by atoms with Crippen LogP contribution in [0.2, 0.25) is 0 Å². The first-order valence-electron chi connectivity index (χ1n) is 5.95. The van der Waals surface area contributed by atoms with E-state index in [1.54, 1.807) is 12.7 Å². The lowest BCUT2D eigenvalue weighted by atomic mass is 10.1. The number of aromatic nitrogens is 4. The quantitative estimate of drug-likeness (QED) is 0.586. The summed E-state index contributed by atoms with van der Waals surface area (Å²) in [6, 6.07) is 2.66. The molecule has 0 amide bonds. The summed E-state index contributed by atoms with van der Waals surface area (Å²) in [5, 5.41) is 9.07. The van der Waals surface area contributed by atoms with Gasteiger partial charge in [0.25, 0.3) is 0 Å². The van der Waals surface area contributed by atoms with Gasteiger partial charge in [0.1, 0.15) is 12.7 Å². The summed E-state index contributed by atoms with van der Waals surface area (Å²) >= 11 is 2.31. The predicted octanol–water partition coefficient (Wildman–Crippen LogP) is 2.36. The van der Waals surface area contributed by atoms with Crippen molar-refractivity contribution in [2.75, 3.05) is 11.4 Å². The van der Waals surface area contributed by atoms with E-state index in [0.717, 1.165) is 29.9 Å². The summed E-state index contributed by atoms with van der Waals surface area (Å²) in [7, 11) is 0. The van der Waals surface area contributed by atoms with Crippen molar-refractivity contribution >= 4 is 45.4 Å². The molecule has 0 N–H and O–H groups in total. The fraction of sp³-hybridized carbons (Fsp3) is 0.455. The standard InChI is InChI=1S/C11H12IN6P/c1-7-2-8(3-13)4-17(7)10-9-11(15-5-14-10)18(19-12)6-16-9/h5-8,19H,2,4H2,1H3/t7-,8?/m1/s1. The lowest BCUT2D eigenvalue weighted by molar-refractivity contribution is 0.686. The average Bonchev–Trinajstić information content (AvgIpc) is 3.01. The SMILES string of the molecule is C[C@@H]1CC(C#N)CN1c1ncnc2c1ncn2PI. The van der Waals surface area contributed by atoms with Crippen molar-refractivity contribution in [3.8, 4) is 6.07 Å². The number of nitriles is 1. The normalized spacial score (nSPS) is 23.5. The third-order valence-corrected chi connectivity index (χ3v) is 5.50. The molecule has 0 bridgehead atoms. The van der Waals surface area contributed by atoms with Crippen molar-refractivity contribution in [2.24, 2.45) is 5.92 Å². The molecule has 98 valence electrons. The lowest BCUT2D eigenvalue weighted by Gasteiger charge is -2.22. The summed E-state index contributed by atoms with van der Waals surface area (Å²) in [4.78, 5) is 15.3. The van der Waals surface area contributed by atoms with E-state index in [4.69, 9.17) is 5.26 Å². The molecule has 1 saturated heterocycles. The molecule has 1 aliphatic rings. The Hall–Kier alpha value is -1.00. The number of nitrogens with zero attached hydrogens (tertiary/aromatic N) is 6. The van der Waals surface area contributed by atoms with Gasteiger partial charge in [-0.3, -0.25) is 4.34 Å². The van der Waals surface area contributed by atoms with Crippen LogP contribution in [0.25, 0.3) is 11.2 Å². The van der Waals surface area contributed by atoms with E-state index < -0.39 is 0 Å². The van der Waals surface area contributed by atoms with E-state index in [2.05, 4.69) is 54.9 Å². The number of rotatable bonds is 2. The maximum atomic E-state index is 9.07. The van der Waals surface area contributed by atoms with Crippen LogP contribution < -0.4 is 4.90 Å². The first kappa shape index (κ1) is 13.0. The highest BCUT2D eigenvalue weighted by Gasteiger charge is 2.31. The monoisotopic (exact) mass is 386 g/mol. The highest BCUT2D eigenvalue weighted by atomic mass is 127. The largest absolute Gasteiger partial charge is 0.351 e. The molecule has 0 aliphatic carbocycles. The minimum absolute atomic E-state index is 0.0774. The molecule has 2 aromatic rings. The van der Waals surface area contributed by atoms with Gasteiger partial charge in [-0.2, -0.15) is 5.26 Å². The molecule has 1 aliphatic heterocycles. The first-order chi connectivity index (χ1) is 9.24. The second-order valence-electron chi connectivity index (χ2n) is 4.63. The molecule has 3 rings (SSSR count). The van der Waals surface area contributed by atoms with Gasteiger partial charge in [-0.25, -0.2) is 15.0 Å². The average molecular weight is 386 g/mol. The van der Waals surface area contributed by atoms with E-state index in [1.807, 2.05) is 4.34 Å². The molecule has 3 atom stereocenters. The van der Waals surface area contributed by atoms with Crippen LogP contribution in [0.3, 0.4) is 0 Å². The summed E-state index contributed by atoms with van der Waals surface area (Å²) in [6.07, 6.45) is 4.84. The molecule has 2 aromatic heterocycles. The third-order valence-electron chi connectivity index (χ3n) is 3.43. The number of fused-ring (bicyclic) bond motifs is 1. The van der Waals surface area contributed by atoms with Crippen molar-refractivity contribution in [1.82, 2.24) is 19.3 Å². The summed E-state index contributed by atoms with van der Waals surface area (Å²) in [5.41, 5.74) is 1.70. The molecule has 6 nitrogen and oxygen atoms in total. The zero-order valence-electron chi connectivity index (χ0n) is 10.3. The van der Waals surface area contributed by atoms with Gasteiger partial charge in [0.2, 0.25) is 0 Å². The highest BCUT2D eigenvalue weighted by Crippen LogP contribution is 2.34. The molecule has 1 fully saturated rings. The van der Waals surface area contributed by atoms with Crippen molar-refractivity contribution in [3.05, 3.63) is 12.7 Å². The highest BCUT2D eigenvalue weighted by molar-refractivity contribution is 14.2. The van der Waals surface area contributed by atoms with E-state index >= 15 is 0 Å². The van der Waals surface area contributed by atoms with Gasteiger partial charge in [-0.05, 0) is 35.4 Å². The second-order valence-corrected chi connectivity index (χ2v) is 6.73. The Bertz CT molecular complexity index is 650. The van der Waals surface area contributed by atoms with Crippen LogP contribution in [-0.4, -0.2) is 31.9 Å². The van der Waals surface area contributed by atoms with Crippen molar-refractivity contribution in [1.29, 1.82) is 5.26 Å². The van der Waals surface area contributed by atoms with Gasteiger partial charge >= 0.3 is 0 Å². The molecule has 19 heavy (non-hydrogen) atoms. The fourth-order valence-corrected chi connectivity index (χ4v) is 3.92. The maximum absolute atomic E-state index is 9.07. The molecule has 8 heteroatoms. The van der Waals surface area contributed by atoms with Crippen LogP contribution >= 0.6 is 28.4 Å². The number of halogens is 1. The molecule has 0 spiro atoms. The molecule has 3 heterocycles. The van der Waals surface area contributed by atoms with E-state index in [1.165, 1.54) is 0 Å². The van der Waals surface area contributed by atoms with Crippen molar-refractivity contribution < 1.29 is 0 Å². The van der Waals surface area contributed by atoms with E-state index in [9.17, 15) is 0 Å². The third kappa shape index (κ3) is 2.17. The van der Waals surface area contributed by atoms with Crippen LogP contribution in [0.1, 0.15) is 13.3 Å². The van der Waals surface area contributed by atoms with Gasteiger partial charge in [0, 0.05) is 12.6 Å². The van der Waals surface area contributed by atoms with Crippen LogP contribution in [0.15, 0.2) is 12.7 Å². The molecule has 0 saturated carbocycles. The van der Waals surface area contributed by atoms with Crippen LogP contribution in [0.4, 0.5) is 5.82 Å². The number of hydrogen-bond donors (Lipinski definition) is 0. The van der Waals surface area contributed by atoms with Crippen LogP contribution in [0, 0.1) is 17.2 Å². The number of imidazole rings is 1. The van der Waals surface area contributed by atoms with E-state index in [-0.39, 0.29) is 5.92 Å². The van der Waals surface area contributed by atoms with Gasteiger partial charge < -0.3 is 4.90 Å². The van der Waals surface area contributed by atoms with Gasteiger partial charge in [-0.1, -0.05) is 0 Å². The Balaban J connectivity index is 2.06. The first-order valence-corrected chi connectivity index (χ1v) is 10.0. The predicted molar refractivity (Wildman–Crippen MR) is 83.6 cm³/mol. The lowest BCUT2D eigenvalue weighted by Crippen LogP contribution is -2.28. The Morgan fingerprint density at radius 1 is 1.47 bits per heavy atom. The molecular formula is C11H12IN6P. The number of hydrogen-bond acceptors (Lipinski definition) is 5. The smallest absolute Gasteiger partial charge is 0.169 e. The topological polar surface area (TPSA) is 70.6 Å². The zero-order chi connectivity index (χ0) is 13.4. The maximum Gasteiger partial charge on any atom is 0.169 e. The van der Waals surface area contributed by atoms with Crippen molar-refractivity contribution in [3.63, 3.8) is 0 Å². The molecule has 0 aromatic carbocycles. The zero-order valence-corrected chi connectivity index (χ0v) is 13.4. The van der Waals surface area contributed by atoms with Gasteiger partial charge in [0.05, 0.1) is 18.4 Å². The fourth-order valence-electron chi connectivity index (χ4n) is 2.51. The van der Waals surface area contributed by atoms with Crippen LogP contribution in [-0.2, 0) is 0 Å². The Morgan fingerprint density at radius 2 is 2.32 bits per heavy atom. The molecule has 0 radical (unpaired) electrons. The Kier molecular flexibility index (Phi) is 3.54. The van der Waals surface area contributed by atoms with Crippen molar-refractivity contribution in [2.45, 2.75) is 19.4 Å². The summed E-state index contributed by atoms with van der Waals surface area (Å²) < 4.78 is 2.02. The molecule has 2 unspecified atom stereocenters.